The first-order valence-electron chi connectivity index (χ1n) is 7.19. The summed E-state index contributed by atoms with van der Waals surface area (Å²) >= 11 is 0. The maximum absolute atomic E-state index is 12.1. The number of rotatable bonds is 6. The molecule has 19 heavy (non-hydrogen) atoms. The molecule has 0 spiro atoms. The van der Waals surface area contributed by atoms with Gasteiger partial charge in [-0.05, 0) is 38.1 Å². The number of hydrogen-bond donors (Lipinski definition) is 3. The van der Waals surface area contributed by atoms with E-state index in [1.54, 1.807) is 0 Å². The van der Waals surface area contributed by atoms with E-state index in [9.17, 15) is 14.7 Å². The lowest BCUT2D eigenvalue weighted by atomic mass is 9.82. The topological polar surface area (TPSA) is 78.4 Å². The average Bonchev–Trinajstić information content (AvgIpc) is 2.40. The maximum Gasteiger partial charge on any atom is 0.311 e. The maximum atomic E-state index is 12.1. The van der Waals surface area contributed by atoms with Crippen LogP contribution in [0.5, 0.6) is 0 Å². The lowest BCUT2D eigenvalue weighted by molar-refractivity contribution is -0.149. The molecule has 0 saturated carbocycles. The van der Waals surface area contributed by atoms with Gasteiger partial charge in [0.25, 0.3) is 0 Å². The molecule has 5 heteroatoms. The van der Waals surface area contributed by atoms with Crippen molar-refractivity contribution in [1.82, 2.24) is 10.6 Å². The second kappa shape index (κ2) is 6.89. The predicted octanol–water partition coefficient (Wildman–Crippen LogP) is 1.38. The van der Waals surface area contributed by atoms with Crippen LogP contribution < -0.4 is 10.6 Å². The smallest absolute Gasteiger partial charge is 0.311 e. The van der Waals surface area contributed by atoms with Crippen molar-refractivity contribution in [3.63, 3.8) is 0 Å². The van der Waals surface area contributed by atoms with E-state index in [-0.39, 0.29) is 18.5 Å². The van der Waals surface area contributed by atoms with E-state index in [1.165, 1.54) is 0 Å². The molecular weight excluding hydrogens is 244 g/mol. The number of carboxylic acid groups (broad SMARTS) is 1. The number of carbonyl (C=O) groups is 2. The van der Waals surface area contributed by atoms with Crippen molar-refractivity contribution in [2.45, 2.75) is 52.5 Å². The molecule has 1 rings (SSSR count). The molecule has 0 aromatic heterocycles. The van der Waals surface area contributed by atoms with Crippen molar-refractivity contribution < 1.29 is 14.7 Å². The molecule has 0 bridgehead atoms. The van der Waals surface area contributed by atoms with Gasteiger partial charge in [0, 0.05) is 6.54 Å². The largest absolute Gasteiger partial charge is 0.481 e. The third-order valence-electron chi connectivity index (χ3n) is 4.39. The highest BCUT2D eigenvalue weighted by Crippen LogP contribution is 2.26. The first kappa shape index (κ1) is 16.0. The summed E-state index contributed by atoms with van der Waals surface area (Å²) in [7, 11) is 0. The Morgan fingerprint density at radius 3 is 2.47 bits per heavy atom. The predicted molar refractivity (Wildman–Crippen MR) is 73.8 cm³/mol. The molecule has 1 fully saturated rings. The molecule has 1 aliphatic heterocycles. The van der Waals surface area contributed by atoms with Gasteiger partial charge in [-0.25, -0.2) is 0 Å². The SMILES string of the molecule is CCC(CC)(CNC(=O)C1CC(C)CCN1)C(=O)O. The van der Waals surface area contributed by atoms with Gasteiger partial charge in [-0.1, -0.05) is 20.8 Å². The number of amides is 1. The van der Waals surface area contributed by atoms with Crippen LogP contribution in [0.3, 0.4) is 0 Å². The van der Waals surface area contributed by atoms with Gasteiger partial charge < -0.3 is 15.7 Å². The van der Waals surface area contributed by atoms with Gasteiger partial charge in [0.15, 0.2) is 0 Å². The molecule has 1 heterocycles. The summed E-state index contributed by atoms with van der Waals surface area (Å²) < 4.78 is 0. The molecule has 1 saturated heterocycles. The Morgan fingerprint density at radius 1 is 1.37 bits per heavy atom. The first-order chi connectivity index (χ1) is 8.95. The van der Waals surface area contributed by atoms with E-state index < -0.39 is 11.4 Å². The molecule has 0 aromatic rings. The molecule has 0 aromatic carbocycles. The summed E-state index contributed by atoms with van der Waals surface area (Å²) in [5.41, 5.74) is -0.837. The van der Waals surface area contributed by atoms with Crippen LogP contribution in [0.4, 0.5) is 0 Å². The Hall–Kier alpha value is -1.10. The van der Waals surface area contributed by atoms with Gasteiger partial charge in [-0.15, -0.1) is 0 Å². The molecule has 1 amide bonds. The molecule has 0 radical (unpaired) electrons. The van der Waals surface area contributed by atoms with Crippen molar-refractivity contribution in [2.24, 2.45) is 11.3 Å². The average molecular weight is 270 g/mol. The standard InChI is InChI=1S/C14H26N2O3/c1-4-14(5-2,13(18)19)9-16-12(17)11-8-10(3)6-7-15-11/h10-11,15H,4-9H2,1-3H3,(H,16,17)(H,18,19). The highest BCUT2D eigenvalue weighted by atomic mass is 16.4. The van der Waals surface area contributed by atoms with Crippen LogP contribution in [0.1, 0.15) is 46.5 Å². The van der Waals surface area contributed by atoms with E-state index >= 15 is 0 Å². The fraction of sp³-hybridized carbons (Fsp3) is 0.857. The van der Waals surface area contributed by atoms with Crippen LogP contribution in [0.15, 0.2) is 0 Å². The monoisotopic (exact) mass is 270 g/mol. The summed E-state index contributed by atoms with van der Waals surface area (Å²) in [5, 5.41) is 15.3. The number of hydrogen-bond acceptors (Lipinski definition) is 3. The number of carboxylic acids is 1. The molecule has 2 atom stereocenters. The van der Waals surface area contributed by atoms with Gasteiger partial charge in [-0.3, -0.25) is 9.59 Å². The number of nitrogens with one attached hydrogen (secondary N) is 2. The van der Waals surface area contributed by atoms with Crippen molar-refractivity contribution in [2.75, 3.05) is 13.1 Å². The molecular formula is C14H26N2O3. The Labute approximate surface area is 115 Å². The van der Waals surface area contributed by atoms with Crippen molar-refractivity contribution >= 4 is 11.9 Å². The van der Waals surface area contributed by atoms with Crippen LogP contribution >= 0.6 is 0 Å². The molecule has 0 aliphatic carbocycles. The fourth-order valence-corrected chi connectivity index (χ4v) is 2.56. The van der Waals surface area contributed by atoms with E-state index in [0.717, 1.165) is 19.4 Å². The quantitative estimate of drug-likeness (QED) is 0.681. The van der Waals surface area contributed by atoms with E-state index in [2.05, 4.69) is 17.6 Å². The third kappa shape index (κ3) is 3.93. The van der Waals surface area contributed by atoms with Gasteiger partial charge in [-0.2, -0.15) is 0 Å². The van der Waals surface area contributed by atoms with Gasteiger partial charge in [0.05, 0.1) is 11.5 Å². The third-order valence-corrected chi connectivity index (χ3v) is 4.39. The minimum atomic E-state index is -0.837. The van der Waals surface area contributed by atoms with Gasteiger partial charge in [0.1, 0.15) is 0 Å². The van der Waals surface area contributed by atoms with E-state index in [1.807, 2.05) is 13.8 Å². The highest BCUT2D eigenvalue weighted by molar-refractivity contribution is 5.83. The van der Waals surface area contributed by atoms with Crippen LogP contribution in [0, 0.1) is 11.3 Å². The van der Waals surface area contributed by atoms with Crippen LogP contribution in [0.2, 0.25) is 0 Å². The zero-order valence-electron chi connectivity index (χ0n) is 12.2. The Morgan fingerprint density at radius 2 is 2.00 bits per heavy atom. The number of aliphatic carboxylic acids is 1. The molecule has 1 aliphatic rings. The van der Waals surface area contributed by atoms with E-state index in [4.69, 9.17) is 0 Å². The summed E-state index contributed by atoms with van der Waals surface area (Å²) in [6.07, 6.45) is 2.96. The minimum Gasteiger partial charge on any atom is -0.481 e. The minimum absolute atomic E-state index is 0.0703. The summed E-state index contributed by atoms with van der Waals surface area (Å²) in [5.74, 6) is -0.361. The summed E-state index contributed by atoms with van der Waals surface area (Å²) in [4.78, 5) is 23.4. The fourth-order valence-electron chi connectivity index (χ4n) is 2.56. The highest BCUT2D eigenvalue weighted by Gasteiger charge is 2.36. The second-order valence-electron chi connectivity index (χ2n) is 5.65. The second-order valence-corrected chi connectivity index (χ2v) is 5.65. The molecule has 3 N–H and O–H groups in total. The summed E-state index contributed by atoms with van der Waals surface area (Å²) in [6.45, 7) is 6.90. The first-order valence-corrected chi connectivity index (χ1v) is 7.19. The van der Waals surface area contributed by atoms with Crippen molar-refractivity contribution in [1.29, 1.82) is 0 Å². The van der Waals surface area contributed by atoms with Gasteiger partial charge >= 0.3 is 5.97 Å². The Bertz CT molecular complexity index is 327. The Balaban J connectivity index is 2.54. The molecule has 2 unspecified atom stereocenters. The number of piperidine rings is 1. The normalized spacial score (nSPS) is 23.9. The Kier molecular flexibility index (Phi) is 5.79. The zero-order chi connectivity index (χ0) is 14.5. The lowest BCUT2D eigenvalue weighted by Gasteiger charge is -2.30. The zero-order valence-corrected chi connectivity index (χ0v) is 12.2. The summed E-state index contributed by atoms with van der Waals surface area (Å²) in [6, 6.07) is -0.177. The van der Waals surface area contributed by atoms with Crippen LogP contribution in [-0.2, 0) is 9.59 Å². The van der Waals surface area contributed by atoms with Crippen molar-refractivity contribution in [3.05, 3.63) is 0 Å². The van der Waals surface area contributed by atoms with E-state index in [0.29, 0.717) is 18.8 Å². The molecule has 5 nitrogen and oxygen atoms in total. The molecule has 110 valence electrons. The van der Waals surface area contributed by atoms with Crippen molar-refractivity contribution in [3.8, 4) is 0 Å². The van der Waals surface area contributed by atoms with Crippen LogP contribution in [-0.4, -0.2) is 36.1 Å². The lowest BCUT2D eigenvalue weighted by Crippen LogP contribution is -2.51. The van der Waals surface area contributed by atoms with Crippen LogP contribution in [0.25, 0.3) is 0 Å². The van der Waals surface area contributed by atoms with Gasteiger partial charge in [0.2, 0.25) is 5.91 Å². The number of carbonyl (C=O) groups excluding carboxylic acids is 1.